The maximum Gasteiger partial charge on any atom is 0.297 e. The van der Waals surface area contributed by atoms with Crippen molar-refractivity contribution in [2.24, 2.45) is 11.7 Å². The SMILES string of the molecule is NC[C@@H](CC1CC1)c1cnc(C(F)F)nc1. The van der Waals surface area contributed by atoms with Crippen LogP contribution >= 0.6 is 0 Å². The van der Waals surface area contributed by atoms with Gasteiger partial charge in [-0.1, -0.05) is 12.8 Å². The van der Waals surface area contributed by atoms with Crippen molar-refractivity contribution in [3.63, 3.8) is 0 Å². The van der Waals surface area contributed by atoms with E-state index in [0.29, 0.717) is 6.54 Å². The zero-order chi connectivity index (χ0) is 11.5. The third kappa shape index (κ3) is 2.72. The van der Waals surface area contributed by atoms with Crippen molar-refractivity contribution in [3.8, 4) is 0 Å². The highest BCUT2D eigenvalue weighted by Crippen LogP contribution is 2.38. The van der Waals surface area contributed by atoms with Gasteiger partial charge in [-0.3, -0.25) is 0 Å². The van der Waals surface area contributed by atoms with Gasteiger partial charge in [-0.15, -0.1) is 0 Å². The quantitative estimate of drug-likeness (QED) is 0.839. The van der Waals surface area contributed by atoms with Crippen molar-refractivity contribution in [3.05, 3.63) is 23.8 Å². The molecule has 0 spiro atoms. The van der Waals surface area contributed by atoms with Crippen LogP contribution in [0, 0.1) is 5.92 Å². The molecule has 0 radical (unpaired) electrons. The van der Waals surface area contributed by atoms with E-state index >= 15 is 0 Å². The Bertz CT molecular complexity index is 336. The third-order valence-electron chi connectivity index (χ3n) is 2.96. The largest absolute Gasteiger partial charge is 0.330 e. The molecule has 1 fully saturated rings. The van der Waals surface area contributed by atoms with Gasteiger partial charge < -0.3 is 5.73 Å². The van der Waals surface area contributed by atoms with Gasteiger partial charge in [-0.2, -0.15) is 0 Å². The molecule has 88 valence electrons. The zero-order valence-corrected chi connectivity index (χ0v) is 8.94. The van der Waals surface area contributed by atoms with E-state index in [9.17, 15) is 8.78 Å². The van der Waals surface area contributed by atoms with Crippen LogP contribution in [-0.4, -0.2) is 16.5 Å². The van der Waals surface area contributed by atoms with Crippen molar-refractivity contribution in [2.75, 3.05) is 6.54 Å². The van der Waals surface area contributed by atoms with Crippen molar-refractivity contribution < 1.29 is 8.78 Å². The lowest BCUT2D eigenvalue weighted by atomic mass is 9.96. The third-order valence-corrected chi connectivity index (χ3v) is 2.96. The molecule has 1 saturated carbocycles. The Hall–Kier alpha value is -1.10. The molecule has 1 atom stereocenters. The van der Waals surface area contributed by atoms with Crippen LogP contribution in [0.25, 0.3) is 0 Å². The Morgan fingerprint density at radius 3 is 2.38 bits per heavy atom. The van der Waals surface area contributed by atoms with Crippen LogP contribution in [0.3, 0.4) is 0 Å². The Morgan fingerprint density at radius 2 is 1.94 bits per heavy atom. The van der Waals surface area contributed by atoms with Crippen molar-refractivity contribution in [1.82, 2.24) is 9.97 Å². The Kier molecular flexibility index (Phi) is 3.43. The number of hydrogen-bond acceptors (Lipinski definition) is 3. The fourth-order valence-corrected chi connectivity index (χ4v) is 1.80. The molecule has 1 aromatic rings. The topological polar surface area (TPSA) is 51.8 Å². The van der Waals surface area contributed by atoms with Crippen LogP contribution in [0.4, 0.5) is 8.78 Å². The summed E-state index contributed by atoms with van der Waals surface area (Å²) in [5.74, 6) is 0.550. The number of nitrogens with zero attached hydrogens (tertiary/aromatic N) is 2. The molecule has 1 aliphatic rings. The summed E-state index contributed by atoms with van der Waals surface area (Å²) in [6.07, 6.45) is 3.89. The molecule has 1 aliphatic carbocycles. The second-order valence-electron chi connectivity index (χ2n) is 4.29. The van der Waals surface area contributed by atoms with E-state index < -0.39 is 12.2 Å². The van der Waals surface area contributed by atoms with Crippen molar-refractivity contribution in [1.29, 1.82) is 0 Å². The summed E-state index contributed by atoms with van der Waals surface area (Å²) in [6.45, 7) is 0.522. The molecule has 0 aromatic carbocycles. The number of nitrogens with two attached hydrogens (primary N) is 1. The van der Waals surface area contributed by atoms with Gasteiger partial charge in [0.25, 0.3) is 6.43 Å². The molecule has 0 unspecified atom stereocenters. The summed E-state index contributed by atoms with van der Waals surface area (Å²) in [5.41, 5.74) is 6.55. The minimum atomic E-state index is -2.60. The molecule has 1 heterocycles. The van der Waals surface area contributed by atoms with Crippen molar-refractivity contribution >= 4 is 0 Å². The second-order valence-corrected chi connectivity index (χ2v) is 4.29. The highest BCUT2D eigenvalue weighted by molar-refractivity contribution is 5.13. The monoisotopic (exact) mass is 227 g/mol. The fraction of sp³-hybridized carbons (Fsp3) is 0.636. The van der Waals surface area contributed by atoms with Crippen LogP contribution < -0.4 is 5.73 Å². The van der Waals surface area contributed by atoms with Gasteiger partial charge in [0, 0.05) is 12.4 Å². The first kappa shape index (κ1) is 11.4. The molecule has 1 aromatic heterocycles. The molecule has 0 bridgehead atoms. The maximum atomic E-state index is 12.3. The van der Waals surface area contributed by atoms with Crippen LogP contribution in [0.2, 0.25) is 0 Å². The van der Waals surface area contributed by atoms with Gasteiger partial charge in [-0.05, 0) is 30.4 Å². The van der Waals surface area contributed by atoms with Crippen LogP contribution in [0.15, 0.2) is 12.4 Å². The standard InChI is InChI=1S/C11H15F2N3/c12-10(13)11-15-5-9(6-16-11)8(4-14)3-7-1-2-7/h5-8,10H,1-4,14H2/t8-/m1/s1. The summed E-state index contributed by atoms with van der Waals surface area (Å²) >= 11 is 0. The first-order chi connectivity index (χ1) is 7.70. The number of aromatic nitrogens is 2. The van der Waals surface area contributed by atoms with E-state index in [2.05, 4.69) is 9.97 Å². The van der Waals surface area contributed by atoms with Gasteiger partial charge >= 0.3 is 0 Å². The lowest BCUT2D eigenvalue weighted by molar-refractivity contribution is 0.140. The predicted molar refractivity (Wildman–Crippen MR) is 56.1 cm³/mol. The van der Waals surface area contributed by atoms with Crippen molar-refractivity contribution in [2.45, 2.75) is 31.6 Å². The van der Waals surface area contributed by atoms with Gasteiger partial charge in [-0.25, -0.2) is 18.7 Å². The fourth-order valence-electron chi connectivity index (χ4n) is 1.80. The maximum absolute atomic E-state index is 12.3. The molecular weight excluding hydrogens is 212 g/mol. The molecule has 5 heteroatoms. The first-order valence-corrected chi connectivity index (χ1v) is 5.50. The van der Waals surface area contributed by atoms with E-state index in [-0.39, 0.29) is 5.92 Å². The molecule has 2 rings (SSSR count). The highest BCUT2D eigenvalue weighted by atomic mass is 19.3. The first-order valence-electron chi connectivity index (χ1n) is 5.50. The molecule has 0 saturated heterocycles. The molecule has 2 N–H and O–H groups in total. The molecule has 3 nitrogen and oxygen atoms in total. The normalized spacial score (nSPS) is 17.8. The van der Waals surface area contributed by atoms with E-state index in [1.54, 1.807) is 0 Å². The summed E-state index contributed by atoms with van der Waals surface area (Å²) < 4.78 is 24.5. The Morgan fingerprint density at radius 1 is 1.31 bits per heavy atom. The van der Waals surface area contributed by atoms with E-state index in [4.69, 9.17) is 5.73 Å². The molecule has 16 heavy (non-hydrogen) atoms. The van der Waals surface area contributed by atoms with E-state index in [0.717, 1.165) is 17.9 Å². The van der Waals surface area contributed by atoms with E-state index in [1.807, 2.05) is 0 Å². The molecule has 0 aliphatic heterocycles. The highest BCUT2D eigenvalue weighted by Gasteiger charge is 2.26. The molecular formula is C11H15F2N3. The minimum Gasteiger partial charge on any atom is -0.330 e. The average Bonchev–Trinajstić information content (AvgIpc) is 3.10. The number of alkyl halides is 2. The lowest BCUT2D eigenvalue weighted by Gasteiger charge is -2.13. The molecule has 0 amide bonds. The number of halogens is 2. The zero-order valence-electron chi connectivity index (χ0n) is 8.94. The summed E-state index contributed by atoms with van der Waals surface area (Å²) in [6, 6.07) is 0. The van der Waals surface area contributed by atoms with Gasteiger partial charge in [0.2, 0.25) is 0 Å². The van der Waals surface area contributed by atoms with Crippen LogP contribution in [-0.2, 0) is 0 Å². The van der Waals surface area contributed by atoms with Crippen LogP contribution in [0.1, 0.15) is 43.0 Å². The summed E-state index contributed by atoms with van der Waals surface area (Å²) in [7, 11) is 0. The average molecular weight is 227 g/mol. The second kappa shape index (κ2) is 4.82. The Labute approximate surface area is 93.1 Å². The number of hydrogen-bond donors (Lipinski definition) is 1. The van der Waals surface area contributed by atoms with Gasteiger partial charge in [0.15, 0.2) is 5.82 Å². The van der Waals surface area contributed by atoms with Crippen LogP contribution in [0.5, 0.6) is 0 Å². The minimum absolute atomic E-state index is 0.208. The van der Waals surface area contributed by atoms with Gasteiger partial charge in [0.1, 0.15) is 0 Å². The Balaban J connectivity index is 2.05. The van der Waals surface area contributed by atoms with E-state index in [1.165, 1.54) is 25.2 Å². The smallest absolute Gasteiger partial charge is 0.297 e. The predicted octanol–water partition coefficient (Wildman–Crippen LogP) is 2.26. The summed E-state index contributed by atoms with van der Waals surface area (Å²) in [4.78, 5) is 7.32. The lowest BCUT2D eigenvalue weighted by Crippen LogP contribution is -2.14. The number of rotatable bonds is 5. The van der Waals surface area contributed by atoms with Gasteiger partial charge in [0.05, 0.1) is 0 Å². The summed E-state index contributed by atoms with van der Waals surface area (Å²) in [5, 5.41) is 0.